The molecule has 10 heavy (non-hydrogen) atoms. The molecular weight excluding hydrogens is 120 g/mol. The van der Waals surface area contributed by atoms with E-state index in [1.165, 1.54) is 17.6 Å². The minimum absolute atomic E-state index is 1.16. The molecule has 0 rings (SSSR count). The van der Waals surface area contributed by atoms with Gasteiger partial charge >= 0.3 is 0 Å². The molecule has 0 bridgehead atoms. The summed E-state index contributed by atoms with van der Waals surface area (Å²) in [5.41, 5.74) is 3.01. The van der Waals surface area contributed by atoms with Crippen molar-refractivity contribution < 1.29 is 0 Å². The highest BCUT2D eigenvalue weighted by Gasteiger charge is 1.91. The molecule has 0 heteroatoms. The zero-order valence-electron chi connectivity index (χ0n) is 7.57. The van der Waals surface area contributed by atoms with Crippen molar-refractivity contribution in [2.45, 2.75) is 40.5 Å². The van der Waals surface area contributed by atoms with Crippen molar-refractivity contribution in [2.75, 3.05) is 0 Å². The van der Waals surface area contributed by atoms with Crippen LogP contribution in [0.4, 0.5) is 0 Å². The summed E-state index contributed by atoms with van der Waals surface area (Å²) < 4.78 is 0. The van der Waals surface area contributed by atoms with Gasteiger partial charge in [0.2, 0.25) is 0 Å². The van der Waals surface area contributed by atoms with Crippen LogP contribution in [0.1, 0.15) is 40.5 Å². The van der Waals surface area contributed by atoms with Crippen LogP contribution in [-0.2, 0) is 0 Å². The number of rotatable bonds is 3. The third kappa shape index (κ3) is 2.86. The average Bonchev–Trinajstić information content (AvgIpc) is 1.99. The van der Waals surface area contributed by atoms with Gasteiger partial charge in [-0.15, -0.1) is 0 Å². The highest BCUT2D eigenvalue weighted by Crippen LogP contribution is 2.12. The topological polar surface area (TPSA) is 0 Å². The first-order valence-corrected chi connectivity index (χ1v) is 4.07. The molecule has 0 spiro atoms. The molecule has 0 amide bonds. The third-order valence-electron chi connectivity index (χ3n) is 1.83. The van der Waals surface area contributed by atoms with Crippen molar-refractivity contribution in [1.29, 1.82) is 0 Å². The average molecular weight is 138 g/mol. The molecule has 0 saturated carbocycles. The van der Waals surface area contributed by atoms with Crippen molar-refractivity contribution in [2.24, 2.45) is 0 Å². The maximum atomic E-state index is 2.21. The lowest BCUT2D eigenvalue weighted by atomic mass is 10.1. The molecule has 0 nitrogen and oxygen atoms in total. The van der Waals surface area contributed by atoms with Gasteiger partial charge in [-0.2, -0.15) is 0 Å². The molecule has 0 aromatic rings. The zero-order valence-corrected chi connectivity index (χ0v) is 7.57. The summed E-state index contributed by atoms with van der Waals surface area (Å²) in [6.07, 6.45) is 6.65. The molecule has 0 fully saturated rings. The van der Waals surface area contributed by atoms with Gasteiger partial charge in [0.05, 0.1) is 0 Å². The summed E-state index contributed by atoms with van der Waals surface area (Å²) in [5, 5.41) is 0. The Morgan fingerprint density at radius 2 is 1.80 bits per heavy atom. The molecule has 0 N–H and O–H groups in total. The summed E-state index contributed by atoms with van der Waals surface area (Å²) in [5.74, 6) is 0. The summed E-state index contributed by atoms with van der Waals surface area (Å²) in [6.45, 7) is 8.68. The second kappa shape index (κ2) is 5.28. The predicted molar refractivity (Wildman–Crippen MR) is 48.1 cm³/mol. The predicted octanol–water partition coefficient (Wildman–Crippen LogP) is 3.70. The summed E-state index contributed by atoms with van der Waals surface area (Å²) in [4.78, 5) is 0. The van der Waals surface area contributed by atoms with Crippen molar-refractivity contribution >= 4 is 0 Å². The molecule has 0 aromatic heterocycles. The van der Waals surface area contributed by atoms with Gasteiger partial charge in [-0.3, -0.25) is 0 Å². The lowest BCUT2D eigenvalue weighted by Gasteiger charge is -2.01. The van der Waals surface area contributed by atoms with Gasteiger partial charge in [0.1, 0.15) is 0 Å². The molecule has 0 aromatic carbocycles. The van der Waals surface area contributed by atoms with Crippen LogP contribution in [0.25, 0.3) is 0 Å². The van der Waals surface area contributed by atoms with Crippen LogP contribution >= 0.6 is 0 Å². The molecule has 0 unspecified atom stereocenters. The second-order valence-electron chi connectivity index (χ2n) is 2.51. The molecule has 0 aliphatic rings. The van der Waals surface area contributed by atoms with Crippen LogP contribution in [-0.4, -0.2) is 0 Å². The van der Waals surface area contributed by atoms with E-state index in [2.05, 4.69) is 39.8 Å². The van der Waals surface area contributed by atoms with E-state index in [4.69, 9.17) is 0 Å². The fourth-order valence-corrected chi connectivity index (χ4v) is 0.990. The van der Waals surface area contributed by atoms with E-state index >= 15 is 0 Å². The Hall–Kier alpha value is -0.520. The standard InChI is InChI=1S/C10H18/c1-5-8-10(7-3)9(4)6-2/h5,8H,6-7H2,1-4H3/b8-5-,10-9+. The van der Waals surface area contributed by atoms with E-state index in [1.54, 1.807) is 0 Å². The molecule has 58 valence electrons. The van der Waals surface area contributed by atoms with Gasteiger partial charge in [0.15, 0.2) is 0 Å². The smallest absolute Gasteiger partial charge is 0.0308 e. The number of hydrogen-bond acceptors (Lipinski definition) is 0. The van der Waals surface area contributed by atoms with Gasteiger partial charge in [-0.25, -0.2) is 0 Å². The van der Waals surface area contributed by atoms with E-state index < -0.39 is 0 Å². The van der Waals surface area contributed by atoms with Crippen LogP contribution in [0.2, 0.25) is 0 Å². The van der Waals surface area contributed by atoms with E-state index in [9.17, 15) is 0 Å². The van der Waals surface area contributed by atoms with Gasteiger partial charge < -0.3 is 0 Å². The monoisotopic (exact) mass is 138 g/mol. The molecule has 0 aliphatic carbocycles. The Morgan fingerprint density at radius 3 is 2.10 bits per heavy atom. The minimum atomic E-state index is 1.16. The van der Waals surface area contributed by atoms with Gasteiger partial charge in [-0.1, -0.05) is 31.6 Å². The largest absolute Gasteiger partial charge is 0.0874 e. The molecule has 0 radical (unpaired) electrons. The van der Waals surface area contributed by atoms with E-state index in [-0.39, 0.29) is 0 Å². The maximum Gasteiger partial charge on any atom is -0.0308 e. The van der Waals surface area contributed by atoms with Crippen LogP contribution in [0, 0.1) is 0 Å². The Bertz CT molecular complexity index is 138. The van der Waals surface area contributed by atoms with Gasteiger partial charge in [-0.05, 0) is 32.3 Å². The Morgan fingerprint density at radius 1 is 1.20 bits per heavy atom. The Kier molecular flexibility index (Phi) is 5.00. The lowest BCUT2D eigenvalue weighted by molar-refractivity contribution is 1.01. The van der Waals surface area contributed by atoms with E-state index in [0.29, 0.717) is 0 Å². The quantitative estimate of drug-likeness (QED) is 0.522. The van der Waals surface area contributed by atoms with Gasteiger partial charge in [0.25, 0.3) is 0 Å². The van der Waals surface area contributed by atoms with Crippen molar-refractivity contribution in [1.82, 2.24) is 0 Å². The number of allylic oxidation sites excluding steroid dienone is 4. The first-order valence-electron chi connectivity index (χ1n) is 4.07. The van der Waals surface area contributed by atoms with E-state index in [1.807, 2.05) is 0 Å². The first kappa shape index (κ1) is 9.48. The molecular formula is C10H18. The SMILES string of the molecule is C/C=C\C(CC)=C(/C)CC. The normalized spacial score (nSPS) is 14.0. The van der Waals surface area contributed by atoms with Crippen LogP contribution in [0.5, 0.6) is 0 Å². The second-order valence-corrected chi connectivity index (χ2v) is 2.51. The van der Waals surface area contributed by atoms with Crippen LogP contribution in [0.3, 0.4) is 0 Å². The Balaban J connectivity index is 4.29. The van der Waals surface area contributed by atoms with Crippen LogP contribution < -0.4 is 0 Å². The van der Waals surface area contributed by atoms with Gasteiger partial charge in [0, 0.05) is 0 Å². The van der Waals surface area contributed by atoms with Crippen LogP contribution in [0.15, 0.2) is 23.3 Å². The third-order valence-corrected chi connectivity index (χ3v) is 1.83. The highest BCUT2D eigenvalue weighted by atomic mass is 14.0. The minimum Gasteiger partial charge on any atom is -0.0874 e. The highest BCUT2D eigenvalue weighted by molar-refractivity contribution is 5.23. The van der Waals surface area contributed by atoms with Crippen molar-refractivity contribution in [3.63, 3.8) is 0 Å². The fourth-order valence-electron chi connectivity index (χ4n) is 0.990. The lowest BCUT2D eigenvalue weighted by Crippen LogP contribution is -1.81. The maximum absolute atomic E-state index is 2.21. The summed E-state index contributed by atoms with van der Waals surface area (Å²) in [7, 11) is 0. The summed E-state index contributed by atoms with van der Waals surface area (Å²) in [6, 6.07) is 0. The first-order chi connectivity index (χ1) is 4.76. The van der Waals surface area contributed by atoms with Crippen molar-refractivity contribution in [3.8, 4) is 0 Å². The molecule has 0 saturated heterocycles. The Labute approximate surface area is 64.6 Å². The molecule has 0 aliphatic heterocycles. The summed E-state index contributed by atoms with van der Waals surface area (Å²) >= 11 is 0. The molecule has 0 heterocycles. The number of hydrogen-bond donors (Lipinski definition) is 0. The van der Waals surface area contributed by atoms with Crippen molar-refractivity contribution in [3.05, 3.63) is 23.3 Å². The van der Waals surface area contributed by atoms with E-state index in [0.717, 1.165) is 6.42 Å². The molecule has 0 atom stereocenters. The zero-order chi connectivity index (χ0) is 7.98. The fraction of sp³-hybridized carbons (Fsp3) is 0.600.